The number of rotatable bonds is 3. The zero-order chi connectivity index (χ0) is 14.9. The molecule has 0 bridgehead atoms. The lowest BCUT2D eigenvalue weighted by atomic mass is 9.78. The fourth-order valence-corrected chi connectivity index (χ4v) is 3.49. The van der Waals surface area contributed by atoms with Crippen molar-refractivity contribution in [3.05, 3.63) is 59.2 Å². The Morgan fingerprint density at radius 3 is 2.38 bits per heavy atom. The van der Waals surface area contributed by atoms with Crippen LogP contribution < -0.4 is 0 Å². The van der Waals surface area contributed by atoms with Gasteiger partial charge < -0.3 is 5.11 Å². The number of aliphatic hydroxyl groups is 1. The molecular weight excluding hydrogens is 260 g/mol. The molecule has 3 rings (SSSR count). The monoisotopic (exact) mass is 282 g/mol. The first-order chi connectivity index (χ1) is 10.1. The SMILES string of the molecule is Cc1nc(C2(c3ccccc3)CCCC2)ncc1[C@@H](C)O. The van der Waals surface area contributed by atoms with E-state index in [4.69, 9.17) is 4.98 Å². The molecule has 1 aliphatic carbocycles. The number of hydrogen-bond acceptors (Lipinski definition) is 3. The highest BCUT2D eigenvalue weighted by atomic mass is 16.3. The standard InChI is InChI=1S/C18H22N2O/c1-13-16(14(2)21)12-19-17(20-13)18(10-6-7-11-18)15-8-4-3-5-9-15/h3-5,8-9,12,14,21H,6-7,10-11H2,1-2H3/t14-/m1/s1. The maximum Gasteiger partial charge on any atom is 0.139 e. The second kappa shape index (κ2) is 5.57. The molecular formula is C18H22N2O. The maximum absolute atomic E-state index is 9.76. The lowest BCUT2D eigenvalue weighted by Crippen LogP contribution is -2.27. The van der Waals surface area contributed by atoms with Crippen LogP contribution in [0.4, 0.5) is 0 Å². The van der Waals surface area contributed by atoms with Gasteiger partial charge in [-0.1, -0.05) is 43.2 Å². The van der Waals surface area contributed by atoms with Gasteiger partial charge in [0, 0.05) is 17.5 Å². The Labute approximate surface area is 126 Å². The van der Waals surface area contributed by atoms with E-state index in [1.807, 2.05) is 6.92 Å². The van der Waals surface area contributed by atoms with Crippen LogP contribution in [0, 0.1) is 6.92 Å². The van der Waals surface area contributed by atoms with Crippen molar-refractivity contribution in [3.63, 3.8) is 0 Å². The van der Waals surface area contributed by atoms with Gasteiger partial charge in [-0.3, -0.25) is 0 Å². The van der Waals surface area contributed by atoms with Crippen LogP contribution in [-0.2, 0) is 5.41 Å². The third kappa shape index (κ3) is 2.46. The van der Waals surface area contributed by atoms with Gasteiger partial charge in [-0.05, 0) is 32.3 Å². The normalized spacial score (nSPS) is 18.6. The molecule has 1 aromatic carbocycles. The summed E-state index contributed by atoms with van der Waals surface area (Å²) >= 11 is 0. The number of aromatic nitrogens is 2. The minimum absolute atomic E-state index is 0.0523. The van der Waals surface area contributed by atoms with Crippen LogP contribution in [0.2, 0.25) is 0 Å². The highest BCUT2D eigenvalue weighted by Crippen LogP contribution is 2.45. The molecule has 0 saturated heterocycles. The van der Waals surface area contributed by atoms with Gasteiger partial charge in [-0.25, -0.2) is 9.97 Å². The molecule has 21 heavy (non-hydrogen) atoms. The summed E-state index contributed by atoms with van der Waals surface area (Å²) < 4.78 is 0. The van der Waals surface area contributed by atoms with Gasteiger partial charge in [0.25, 0.3) is 0 Å². The fraction of sp³-hybridized carbons (Fsp3) is 0.444. The third-order valence-electron chi connectivity index (χ3n) is 4.68. The van der Waals surface area contributed by atoms with E-state index in [2.05, 4.69) is 35.3 Å². The first-order valence-electron chi connectivity index (χ1n) is 7.71. The Balaban J connectivity index is 2.09. The Bertz CT molecular complexity index is 616. The summed E-state index contributed by atoms with van der Waals surface area (Å²) in [5, 5.41) is 9.76. The molecule has 3 heteroatoms. The summed E-state index contributed by atoms with van der Waals surface area (Å²) in [4.78, 5) is 9.37. The van der Waals surface area contributed by atoms with Gasteiger partial charge >= 0.3 is 0 Å². The first kappa shape index (κ1) is 14.2. The van der Waals surface area contributed by atoms with Crippen LogP contribution >= 0.6 is 0 Å². The Morgan fingerprint density at radius 2 is 1.81 bits per heavy atom. The highest BCUT2D eigenvalue weighted by Gasteiger charge is 2.40. The number of nitrogens with zero attached hydrogens (tertiary/aromatic N) is 2. The molecule has 1 atom stereocenters. The van der Waals surface area contributed by atoms with Crippen molar-refractivity contribution in [3.8, 4) is 0 Å². The van der Waals surface area contributed by atoms with E-state index < -0.39 is 6.10 Å². The lowest BCUT2D eigenvalue weighted by Gasteiger charge is -2.28. The molecule has 0 radical (unpaired) electrons. The summed E-state index contributed by atoms with van der Waals surface area (Å²) in [6, 6.07) is 10.6. The van der Waals surface area contributed by atoms with Crippen molar-refractivity contribution in [1.29, 1.82) is 0 Å². The molecule has 0 aliphatic heterocycles. The van der Waals surface area contributed by atoms with E-state index in [-0.39, 0.29) is 5.41 Å². The van der Waals surface area contributed by atoms with Crippen LogP contribution in [0.25, 0.3) is 0 Å². The summed E-state index contributed by atoms with van der Waals surface area (Å²) in [5.74, 6) is 0.910. The van der Waals surface area contributed by atoms with Gasteiger partial charge in [0.05, 0.1) is 11.5 Å². The van der Waals surface area contributed by atoms with Crippen molar-refractivity contribution in [2.45, 2.75) is 51.0 Å². The molecule has 0 amide bonds. The van der Waals surface area contributed by atoms with Crippen LogP contribution in [-0.4, -0.2) is 15.1 Å². The average Bonchev–Trinajstić information content (AvgIpc) is 2.98. The summed E-state index contributed by atoms with van der Waals surface area (Å²) in [7, 11) is 0. The van der Waals surface area contributed by atoms with E-state index in [0.717, 1.165) is 29.9 Å². The molecule has 1 N–H and O–H groups in total. The van der Waals surface area contributed by atoms with E-state index in [9.17, 15) is 5.11 Å². The van der Waals surface area contributed by atoms with Gasteiger partial charge in [-0.15, -0.1) is 0 Å². The zero-order valence-electron chi connectivity index (χ0n) is 12.7. The third-order valence-corrected chi connectivity index (χ3v) is 4.68. The molecule has 110 valence electrons. The van der Waals surface area contributed by atoms with Gasteiger partial charge in [0.2, 0.25) is 0 Å². The number of aryl methyl sites for hydroxylation is 1. The van der Waals surface area contributed by atoms with Crippen LogP contribution in [0.5, 0.6) is 0 Å². The first-order valence-corrected chi connectivity index (χ1v) is 7.71. The quantitative estimate of drug-likeness (QED) is 0.933. The molecule has 3 nitrogen and oxygen atoms in total. The molecule has 0 unspecified atom stereocenters. The van der Waals surface area contributed by atoms with Crippen molar-refractivity contribution in [1.82, 2.24) is 9.97 Å². The predicted octanol–water partition coefficient (Wildman–Crippen LogP) is 3.70. The Kier molecular flexibility index (Phi) is 3.77. The highest BCUT2D eigenvalue weighted by molar-refractivity contribution is 5.35. The average molecular weight is 282 g/mol. The number of aliphatic hydroxyl groups excluding tert-OH is 1. The molecule has 0 spiro atoms. The maximum atomic E-state index is 9.76. The van der Waals surface area contributed by atoms with E-state index >= 15 is 0 Å². The van der Waals surface area contributed by atoms with E-state index in [1.165, 1.54) is 18.4 Å². The van der Waals surface area contributed by atoms with Crippen molar-refractivity contribution in [2.75, 3.05) is 0 Å². The van der Waals surface area contributed by atoms with E-state index in [1.54, 1.807) is 13.1 Å². The van der Waals surface area contributed by atoms with Gasteiger partial charge in [-0.2, -0.15) is 0 Å². The lowest BCUT2D eigenvalue weighted by molar-refractivity contribution is 0.197. The second-order valence-electron chi connectivity index (χ2n) is 6.07. The molecule has 1 aromatic heterocycles. The van der Waals surface area contributed by atoms with Crippen molar-refractivity contribution in [2.24, 2.45) is 0 Å². The van der Waals surface area contributed by atoms with E-state index in [0.29, 0.717) is 0 Å². The van der Waals surface area contributed by atoms with Crippen LogP contribution in [0.15, 0.2) is 36.5 Å². The second-order valence-corrected chi connectivity index (χ2v) is 6.07. The smallest absolute Gasteiger partial charge is 0.139 e. The minimum Gasteiger partial charge on any atom is -0.389 e. The molecule has 1 aliphatic rings. The molecule has 1 fully saturated rings. The number of hydrogen-bond donors (Lipinski definition) is 1. The fourth-order valence-electron chi connectivity index (χ4n) is 3.49. The number of benzene rings is 1. The van der Waals surface area contributed by atoms with Crippen LogP contribution in [0.1, 0.15) is 61.4 Å². The van der Waals surface area contributed by atoms with Gasteiger partial charge in [0.15, 0.2) is 0 Å². The molecule has 1 heterocycles. The summed E-state index contributed by atoms with van der Waals surface area (Å²) in [6.07, 6.45) is 5.92. The predicted molar refractivity (Wildman–Crippen MR) is 83.1 cm³/mol. The Morgan fingerprint density at radius 1 is 1.14 bits per heavy atom. The summed E-state index contributed by atoms with van der Waals surface area (Å²) in [6.45, 7) is 3.72. The van der Waals surface area contributed by atoms with Crippen molar-refractivity contribution < 1.29 is 5.11 Å². The minimum atomic E-state index is -0.518. The van der Waals surface area contributed by atoms with Gasteiger partial charge in [0.1, 0.15) is 5.82 Å². The topological polar surface area (TPSA) is 46.0 Å². The summed E-state index contributed by atoms with van der Waals surface area (Å²) in [5.41, 5.74) is 2.97. The molecule has 1 saturated carbocycles. The van der Waals surface area contributed by atoms with Crippen LogP contribution in [0.3, 0.4) is 0 Å². The van der Waals surface area contributed by atoms with Crippen molar-refractivity contribution >= 4 is 0 Å². The largest absolute Gasteiger partial charge is 0.389 e. The zero-order valence-corrected chi connectivity index (χ0v) is 12.7. The molecule has 2 aromatic rings. The Hall–Kier alpha value is -1.74.